The monoisotopic (exact) mass is 281 g/mol. The molecule has 0 aliphatic heterocycles. The van der Waals surface area contributed by atoms with E-state index >= 15 is 0 Å². The summed E-state index contributed by atoms with van der Waals surface area (Å²) in [5.74, 6) is 1.01. The number of fused-ring (bicyclic) bond motifs is 1. The van der Waals surface area contributed by atoms with Gasteiger partial charge in [-0.25, -0.2) is 4.98 Å². The standard InChI is InChI=1S/C18H23N3/c1-13-12-21(18(19-13)20-16-7-2-3-8-16)17-10-9-14-5-4-6-15(14)11-17/h9-12,16H,2-8H2,1H3,(H,19,20). The fraction of sp³-hybridized carbons (Fsp3) is 0.500. The van der Waals surface area contributed by atoms with Gasteiger partial charge in [0.05, 0.1) is 5.69 Å². The lowest BCUT2D eigenvalue weighted by Crippen LogP contribution is -2.17. The van der Waals surface area contributed by atoms with Crippen LogP contribution in [0, 0.1) is 6.92 Å². The minimum absolute atomic E-state index is 0.597. The summed E-state index contributed by atoms with van der Waals surface area (Å²) >= 11 is 0. The fourth-order valence-electron chi connectivity index (χ4n) is 3.76. The Balaban J connectivity index is 1.67. The van der Waals surface area contributed by atoms with Crippen LogP contribution in [0.15, 0.2) is 24.4 Å². The van der Waals surface area contributed by atoms with Crippen molar-refractivity contribution >= 4 is 5.95 Å². The quantitative estimate of drug-likeness (QED) is 0.920. The Kier molecular flexibility index (Phi) is 3.21. The normalized spacial score (nSPS) is 18.1. The summed E-state index contributed by atoms with van der Waals surface area (Å²) in [6.45, 7) is 2.07. The van der Waals surface area contributed by atoms with Gasteiger partial charge in [0.15, 0.2) is 0 Å². The predicted octanol–water partition coefficient (Wildman–Crippen LogP) is 4.02. The molecule has 1 fully saturated rings. The summed E-state index contributed by atoms with van der Waals surface area (Å²) in [5.41, 5.74) is 5.37. The van der Waals surface area contributed by atoms with E-state index in [1.165, 1.54) is 61.8 Å². The summed E-state index contributed by atoms with van der Waals surface area (Å²) in [6.07, 6.45) is 11.1. The van der Waals surface area contributed by atoms with Crippen molar-refractivity contribution in [3.05, 3.63) is 41.2 Å². The average Bonchev–Trinajstić information content (AvgIpc) is 3.19. The first-order chi connectivity index (χ1) is 10.3. The van der Waals surface area contributed by atoms with Gasteiger partial charge < -0.3 is 5.32 Å². The summed E-state index contributed by atoms with van der Waals surface area (Å²) < 4.78 is 2.23. The molecule has 1 N–H and O–H groups in total. The molecule has 0 bridgehead atoms. The molecule has 0 spiro atoms. The van der Waals surface area contributed by atoms with Crippen molar-refractivity contribution in [3.8, 4) is 5.69 Å². The maximum atomic E-state index is 4.70. The SMILES string of the molecule is Cc1cn(-c2ccc3c(c2)CCC3)c(NC2CCCC2)n1. The highest BCUT2D eigenvalue weighted by Gasteiger charge is 2.18. The number of anilines is 1. The molecule has 3 nitrogen and oxygen atoms in total. The van der Waals surface area contributed by atoms with Crippen LogP contribution in [0.5, 0.6) is 0 Å². The molecule has 2 aliphatic rings. The van der Waals surface area contributed by atoms with Crippen molar-refractivity contribution in [3.63, 3.8) is 0 Å². The zero-order valence-corrected chi connectivity index (χ0v) is 12.7. The van der Waals surface area contributed by atoms with Gasteiger partial charge in [-0.05, 0) is 62.3 Å². The number of imidazole rings is 1. The van der Waals surface area contributed by atoms with Gasteiger partial charge in [0.25, 0.3) is 0 Å². The van der Waals surface area contributed by atoms with E-state index in [1.807, 2.05) is 0 Å². The van der Waals surface area contributed by atoms with Crippen LogP contribution in [0.1, 0.15) is 48.9 Å². The minimum atomic E-state index is 0.597. The van der Waals surface area contributed by atoms with Gasteiger partial charge in [-0.2, -0.15) is 0 Å². The third-order valence-corrected chi connectivity index (χ3v) is 4.88. The molecule has 0 unspecified atom stereocenters. The number of aromatic nitrogens is 2. The van der Waals surface area contributed by atoms with Gasteiger partial charge in [-0.3, -0.25) is 4.57 Å². The van der Waals surface area contributed by atoms with Gasteiger partial charge in [0.2, 0.25) is 5.95 Å². The molecule has 1 aromatic heterocycles. The Labute approximate surface area is 126 Å². The topological polar surface area (TPSA) is 29.9 Å². The molecule has 0 saturated heterocycles. The molecule has 1 aromatic carbocycles. The first kappa shape index (κ1) is 12.9. The highest BCUT2D eigenvalue weighted by Crippen LogP contribution is 2.27. The van der Waals surface area contributed by atoms with Crippen molar-refractivity contribution in [2.75, 3.05) is 5.32 Å². The highest BCUT2D eigenvalue weighted by molar-refractivity contribution is 5.48. The van der Waals surface area contributed by atoms with Gasteiger partial charge in [-0.1, -0.05) is 18.9 Å². The average molecular weight is 281 g/mol. The van der Waals surface area contributed by atoms with Crippen LogP contribution in [0.4, 0.5) is 5.95 Å². The molecule has 2 aromatic rings. The Hall–Kier alpha value is -1.77. The zero-order chi connectivity index (χ0) is 14.2. The van der Waals surface area contributed by atoms with E-state index in [9.17, 15) is 0 Å². The molecular weight excluding hydrogens is 258 g/mol. The van der Waals surface area contributed by atoms with Crippen LogP contribution >= 0.6 is 0 Å². The van der Waals surface area contributed by atoms with Crippen LogP contribution in [0.2, 0.25) is 0 Å². The number of nitrogens with one attached hydrogen (secondary N) is 1. The number of nitrogens with zero attached hydrogens (tertiary/aromatic N) is 2. The zero-order valence-electron chi connectivity index (χ0n) is 12.7. The van der Waals surface area contributed by atoms with Crippen molar-refractivity contribution in [2.24, 2.45) is 0 Å². The second-order valence-corrected chi connectivity index (χ2v) is 6.51. The Bertz CT molecular complexity index is 650. The number of rotatable bonds is 3. The molecule has 110 valence electrons. The van der Waals surface area contributed by atoms with Crippen LogP contribution in [-0.4, -0.2) is 15.6 Å². The molecule has 0 atom stereocenters. The molecule has 2 aliphatic carbocycles. The lowest BCUT2D eigenvalue weighted by atomic mass is 10.1. The van der Waals surface area contributed by atoms with Crippen molar-refractivity contribution < 1.29 is 0 Å². The van der Waals surface area contributed by atoms with E-state index < -0.39 is 0 Å². The number of aryl methyl sites for hydroxylation is 3. The van der Waals surface area contributed by atoms with Crippen molar-refractivity contribution in [2.45, 2.75) is 57.9 Å². The Morgan fingerprint density at radius 3 is 2.76 bits per heavy atom. The van der Waals surface area contributed by atoms with E-state index in [4.69, 9.17) is 4.98 Å². The van der Waals surface area contributed by atoms with E-state index in [2.05, 4.69) is 41.2 Å². The Morgan fingerprint density at radius 2 is 1.90 bits per heavy atom. The first-order valence-corrected chi connectivity index (χ1v) is 8.24. The third kappa shape index (κ3) is 2.45. The van der Waals surface area contributed by atoms with E-state index in [-0.39, 0.29) is 0 Å². The van der Waals surface area contributed by atoms with Gasteiger partial charge in [-0.15, -0.1) is 0 Å². The summed E-state index contributed by atoms with van der Waals surface area (Å²) in [5, 5.41) is 3.65. The predicted molar refractivity (Wildman–Crippen MR) is 86.2 cm³/mol. The molecule has 1 heterocycles. The smallest absolute Gasteiger partial charge is 0.207 e. The molecule has 4 rings (SSSR count). The summed E-state index contributed by atoms with van der Waals surface area (Å²) in [4.78, 5) is 4.70. The molecule has 3 heteroatoms. The lowest BCUT2D eigenvalue weighted by Gasteiger charge is -2.15. The van der Waals surface area contributed by atoms with E-state index in [0.29, 0.717) is 6.04 Å². The number of hydrogen-bond acceptors (Lipinski definition) is 2. The van der Waals surface area contributed by atoms with E-state index in [1.54, 1.807) is 0 Å². The van der Waals surface area contributed by atoms with Crippen LogP contribution in [0.3, 0.4) is 0 Å². The molecular formula is C18H23N3. The number of benzene rings is 1. The van der Waals surface area contributed by atoms with Gasteiger partial charge >= 0.3 is 0 Å². The first-order valence-electron chi connectivity index (χ1n) is 8.24. The van der Waals surface area contributed by atoms with Crippen LogP contribution in [0.25, 0.3) is 5.69 Å². The van der Waals surface area contributed by atoms with Crippen LogP contribution < -0.4 is 5.32 Å². The lowest BCUT2D eigenvalue weighted by molar-refractivity contribution is 0.740. The molecule has 0 amide bonds. The maximum absolute atomic E-state index is 4.70. The molecule has 21 heavy (non-hydrogen) atoms. The fourth-order valence-corrected chi connectivity index (χ4v) is 3.76. The van der Waals surface area contributed by atoms with Crippen molar-refractivity contribution in [1.29, 1.82) is 0 Å². The maximum Gasteiger partial charge on any atom is 0.207 e. The van der Waals surface area contributed by atoms with Gasteiger partial charge in [0.1, 0.15) is 0 Å². The van der Waals surface area contributed by atoms with Crippen LogP contribution in [-0.2, 0) is 12.8 Å². The highest BCUT2D eigenvalue weighted by atomic mass is 15.2. The summed E-state index contributed by atoms with van der Waals surface area (Å²) in [6, 6.07) is 7.49. The van der Waals surface area contributed by atoms with Crippen molar-refractivity contribution in [1.82, 2.24) is 9.55 Å². The minimum Gasteiger partial charge on any atom is -0.353 e. The van der Waals surface area contributed by atoms with Gasteiger partial charge in [0, 0.05) is 17.9 Å². The largest absolute Gasteiger partial charge is 0.353 e. The third-order valence-electron chi connectivity index (χ3n) is 4.88. The Morgan fingerprint density at radius 1 is 1.10 bits per heavy atom. The van der Waals surface area contributed by atoms with E-state index in [0.717, 1.165) is 11.6 Å². The summed E-state index contributed by atoms with van der Waals surface area (Å²) in [7, 11) is 0. The second-order valence-electron chi connectivity index (χ2n) is 6.51. The number of hydrogen-bond donors (Lipinski definition) is 1. The molecule has 0 radical (unpaired) electrons. The second kappa shape index (κ2) is 5.21. The molecule has 1 saturated carbocycles.